The van der Waals surface area contributed by atoms with E-state index in [0.29, 0.717) is 0 Å². The van der Waals surface area contributed by atoms with Crippen LogP contribution in [0.2, 0.25) is 0 Å². The van der Waals surface area contributed by atoms with Crippen LogP contribution in [0.1, 0.15) is 5.56 Å². The Bertz CT molecular complexity index is 327. The van der Waals surface area contributed by atoms with Gasteiger partial charge in [0.05, 0.1) is 0 Å². The van der Waals surface area contributed by atoms with E-state index in [0.717, 1.165) is 0 Å². The lowest BCUT2D eigenvalue weighted by Crippen LogP contribution is -1.94. The summed E-state index contributed by atoms with van der Waals surface area (Å²) in [5, 5.41) is 10.2. The summed E-state index contributed by atoms with van der Waals surface area (Å²) in [6.07, 6.45) is 6.33. The number of nitrogens with zero attached hydrogens (tertiary/aromatic N) is 2. The molecule has 0 aliphatic heterocycles. The summed E-state index contributed by atoms with van der Waals surface area (Å²) < 4.78 is 0. The van der Waals surface area contributed by atoms with Gasteiger partial charge in [-0.25, -0.2) is 0 Å². The Morgan fingerprint density at radius 3 is 2.91 bits per heavy atom. The fourth-order valence-electron chi connectivity index (χ4n) is 0.655. The molecule has 0 spiro atoms. The molecule has 0 amide bonds. The zero-order valence-corrected chi connectivity index (χ0v) is 5.52. The van der Waals surface area contributed by atoms with E-state index in [2.05, 4.69) is 10.9 Å². The third-order valence-electron chi connectivity index (χ3n) is 1.12. The van der Waals surface area contributed by atoms with Gasteiger partial charge in [0.15, 0.2) is 0 Å². The molecule has 4 nitrogen and oxygen atoms in total. The Kier molecular flexibility index (Phi) is 1.83. The predicted octanol–water partition coefficient (Wildman–Crippen LogP) is 0.971. The van der Waals surface area contributed by atoms with Crippen molar-refractivity contribution in [3.8, 4) is 12.3 Å². The van der Waals surface area contributed by atoms with Crippen molar-refractivity contribution in [3.05, 3.63) is 34.0 Å². The molecule has 0 saturated carbocycles. The zero-order valence-electron chi connectivity index (χ0n) is 5.52. The van der Waals surface area contributed by atoms with Crippen LogP contribution in [-0.2, 0) is 0 Å². The molecule has 0 aliphatic rings. The van der Waals surface area contributed by atoms with Crippen molar-refractivity contribution < 1.29 is 4.92 Å². The van der Waals surface area contributed by atoms with Crippen LogP contribution in [0, 0.1) is 22.5 Å². The number of hydrogen-bond acceptors (Lipinski definition) is 3. The van der Waals surface area contributed by atoms with Gasteiger partial charge in [-0.05, 0) is 22.0 Å². The molecule has 0 saturated heterocycles. The highest BCUT2D eigenvalue weighted by molar-refractivity contribution is 5.44. The zero-order chi connectivity index (χ0) is 8.27. The minimum Gasteiger partial charge on any atom is -0.358 e. The van der Waals surface area contributed by atoms with Crippen molar-refractivity contribution >= 4 is 5.82 Å². The van der Waals surface area contributed by atoms with Crippen molar-refractivity contribution in [2.75, 3.05) is 0 Å². The molecule has 1 aromatic heterocycles. The van der Waals surface area contributed by atoms with Gasteiger partial charge >= 0.3 is 5.82 Å². The van der Waals surface area contributed by atoms with Crippen molar-refractivity contribution in [1.82, 2.24) is 4.98 Å². The first-order valence-corrected chi connectivity index (χ1v) is 2.81. The van der Waals surface area contributed by atoms with Crippen LogP contribution >= 0.6 is 0 Å². The van der Waals surface area contributed by atoms with Gasteiger partial charge in [-0.15, -0.1) is 6.42 Å². The summed E-state index contributed by atoms with van der Waals surface area (Å²) in [4.78, 5) is 13.1. The van der Waals surface area contributed by atoms with Crippen LogP contribution in [0.15, 0.2) is 18.3 Å². The van der Waals surface area contributed by atoms with E-state index in [4.69, 9.17) is 6.42 Å². The highest BCUT2D eigenvalue weighted by Crippen LogP contribution is 2.11. The third-order valence-corrected chi connectivity index (χ3v) is 1.12. The molecule has 0 atom stereocenters. The topological polar surface area (TPSA) is 56.0 Å². The van der Waals surface area contributed by atoms with E-state index in [1.165, 1.54) is 12.3 Å². The molecule has 0 N–H and O–H groups in total. The minimum atomic E-state index is -0.602. The van der Waals surface area contributed by atoms with Crippen LogP contribution < -0.4 is 0 Å². The molecule has 0 aliphatic carbocycles. The van der Waals surface area contributed by atoms with Crippen molar-refractivity contribution in [3.63, 3.8) is 0 Å². The van der Waals surface area contributed by atoms with Crippen LogP contribution in [-0.4, -0.2) is 9.91 Å². The van der Waals surface area contributed by atoms with Gasteiger partial charge in [-0.3, -0.25) is 0 Å². The number of hydrogen-bond donors (Lipinski definition) is 0. The predicted molar refractivity (Wildman–Crippen MR) is 38.8 cm³/mol. The van der Waals surface area contributed by atoms with E-state index in [-0.39, 0.29) is 11.4 Å². The molecular weight excluding hydrogens is 144 g/mol. The summed E-state index contributed by atoms with van der Waals surface area (Å²) in [6, 6.07) is 3.04. The average Bonchev–Trinajstić information content (AvgIpc) is 2.04. The highest BCUT2D eigenvalue weighted by Gasteiger charge is 2.10. The van der Waals surface area contributed by atoms with Crippen LogP contribution in [0.5, 0.6) is 0 Å². The molecule has 0 fully saturated rings. The maximum Gasteiger partial charge on any atom is 0.379 e. The quantitative estimate of drug-likeness (QED) is 0.338. The summed E-state index contributed by atoms with van der Waals surface area (Å²) in [7, 11) is 0. The molecule has 1 rings (SSSR count). The first-order chi connectivity index (χ1) is 5.25. The monoisotopic (exact) mass is 148 g/mol. The SMILES string of the molecule is C#Cc1cccnc1[N+](=O)[O-]. The summed E-state index contributed by atoms with van der Waals surface area (Å²) in [5.74, 6) is 1.90. The molecule has 54 valence electrons. The van der Waals surface area contributed by atoms with E-state index >= 15 is 0 Å². The van der Waals surface area contributed by atoms with Crippen LogP contribution in [0.4, 0.5) is 5.82 Å². The van der Waals surface area contributed by atoms with Crippen LogP contribution in [0.3, 0.4) is 0 Å². The Labute approximate surface area is 63.0 Å². The molecule has 1 aromatic rings. The van der Waals surface area contributed by atoms with E-state index in [9.17, 15) is 10.1 Å². The van der Waals surface area contributed by atoms with Gasteiger partial charge in [0.1, 0.15) is 11.8 Å². The Hall–Kier alpha value is -1.89. The summed E-state index contributed by atoms with van der Waals surface area (Å²) in [5.41, 5.74) is 0.206. The first kappa shape index (κ1) is 7.22. The smallest absolute Gasteiger partial charge is 0.358 e. The summed E-state index contributed by atoms with van der Waals surface area (Å²) in [6.45, 7) is 0. The molecule has 0 unspecified atom stereocenters. The van der Waals surface area contributed by atoms with Crippen molar-refractivity contribution in [1.29, 1.82) is 0 Å². The lowest BCUT2D eigenvalue weighted by atomic mass is 10.3. The van der Waals surface area contributed by atoms with Gasteiger partial charge in [0, 0.05) is 0 Å². The number of aromatic nitrogens is 1. The number of rotatable bonds is 1. The Balaban J connectivity index is 3.26. The largest absolute Gasteiger partial charge is 0.379 e. The second-order valence-corrected chi connectivity index (χ2v) is 1.78. The minimum absolute atomic E-state index is 0.206. The number of terminal acetylenes is 1. The fraction of sp³-hybridized carbons (Fsp3) is 0. The van der Waals surface area contributed by atoms with Gasteiger partial charge in [0.25, 0.3) is 0 Å². The van der Waals surface area contributed by atoms with Crippen LogP contribution in [0.25, 0.3) is 0 Å². The standard InChI is InChI=1S/C7H4N2O2/c1-2-6-4-3-5-8-7(6)9(10)11/h1,3-5H. The van der Waals surface area contributed by atoms with Gasteiger partial charge < -0.3 is 10.1 Å². The normalized spacial score (nSPS) is 8.64. The molecular formula is C7H4N2O2. The summed E-state index contributed by atoms with van der Waals surface area (Å²) >= 11 is 0. The lowest BCUT2D eigenvalue weighted by molar-refractivity contribution is -0.389. The maximum absolute atomic E-state index is 10.2. The van der Waals surface area contributed by atoms with E-state index < -0.39 is 4.92 Å². The molecule has 0 aromatic carbocycles. The third kappa shape index (κ3) is 1.33. The number of nitro groups is 1. The first-order valence-electron chi connectivity index (χ1n) is 2.81. The van der Waals surface area contributed by atoms with E-state index in [1.54, 1.807) is 6.07 Å². The molecule has 0 bridgehead atoms. The highest BCUT2D eigenvalue weighted by atomic mass is 16.6. The second kappa shape index (κ2) is 2.80. The van der Waals surface area contributed by atoms with Gasteiger partial charge in [0.2, 0.25) is 0 Å². The van der Waals surface area contributed by atoms with Crippen molar-refractivity contribution in [2.24, 2.45) is 0 Å². The maximum atomic E-state index is 10.2. The number of pyridine rings is 1. The van der Waals surface area contributed by atoms with Gasteiger partial charge in [-0.1, -0.05) is 5.92 Å². The average molecular weight is 148 g/mol. The van der Waals surface area contributed by atoms with Gasteiger partial charge in [-0.2, -0.15) is 0 Å². The second-order valence-electron chi connectivity index (χ2n) is 1.78. The lowest BCUT2D eigenvalue weighted by Gasteiger charge is -1.92. The molecule has 1 heterocycles. The Morgan fingerprint density at radius 2 is 2.45 bits per heavy atom. The molecule has 4 heteroatoms. The fourth-order valence-corrected chi connectivity index (χ4v) is 0.655. The van der Waals surface area contributed by atoms with E-state index in [1.807, 2.05) is 0 Å². The molecule has 11 heavy (non-hydrogen) atoms. The molecule has 0 radical (unpaired) electrons. The Morgan fingerprint density at radius 1 is 1.73 bits per heavy atom. The van der Waals surface area contributed by atoms with Crippen molar-refractivity contribution in [2.45, 2.75) is 0 Å².